The van der Waals surface area contributed by atoms with Crippen LogP contribution in [-0.2, 0) is 14.4 Å². The Morgan fingerprint density at radius 2 is 2.12 bits per heavy atom. The fourth-order valence-corrected chi connectivity index (χ4v) is 2.14. The van der Waals surface area contributed by atoms with E-state index >= 15 is 0 Å². The Morgan fingerprint density at radius 1 is 1.41 bits per heavy atom. The van der Waals surface area contributed by atoms with Crippen molar-refractivity contribution >= 4 is 29.5 Å². The van der Waals surface area contributed by atoms with Crippen LogP contribution in [0.4, 0.5) is 0 Å². The van der Waals surface area contributed by atoms with Gasteiger partial charge in [-0.1, -0.05) is 0 Å². The maximum Gasteiger partial charge on any atom is 0.373 e. The SMILES string of the molecule is O=C(O)CC(SCC(=O)C(=O)O)c1cnc[nH]1. The van der Waals surface area contributed by atoms with Crippen LogP contribution < -0.4 is 0 Å². The molecule has 0 aliphatic rings. The minimum atomic E-state index is -1.52. The van der Waals surface area contributed by atoms with Crippen LogP contribution in [0.25, 0.3) is 0 Å². The average Bonchev–Trinajstić information content (AvgIpc) is 2.76. The maximum absolute atomic E-state index is 10.9. The predicted molar refractivity (Wildman–Crippen MR) is 58.7 cm³/mol. The maximum atomic E-state index is 10.9. The van der Waals surface area contributed by atoms with Crippen molar-refractivity contribution in [1.82, 2.24) is 9.97 Å². The minimum Gasteiger partial charge on any atom is -0.481 e. The Kier molecular flexibility index (Phi) is 4.70. The molecule has 1 aromatic heterocycles. The molecular formula is C9H10N2O5S. The van der Waals surface area contributed by atoms with Crippen molar-refractivity contribution in [2.45, 2.75) is 11.7 Å². The molecule has 7 nitrogen and oxygen atoms in total. The Morgan fingerprint density at radius 3 is 2.59 bits per heavy atom. The van der Waals surface area contributed by atoms with E-state index in [1.54, 1.807) is 0 Å². The second-order valence-electron chi connectivity index (χ2n) is 3.13. The van der Waals surface area contributed by atoms with Gasteiger partial charge in [0.05, 0.1) is 23.8 Å². The Balaban J connectivity index is 2.62. The number of nitrogens with one attached hydrogen (secondary N) is 1. The highest BCUT2D eigenvalue weighted by atomic mass is 32.2. The molecule has 0 fully saturated rings. The number of hydrogen-bond acceptors (Lipinski definition) is 5. The van der Waals surface area contributed by atoms with Gasteiger partial charge in [0, 0.05) is 11.9 Å². The van der Waals surface area contributed by atoms with E-state index in [1.807, 2.05) is 0 Å². The minimum absolute atomic E-state index is 0.209. The van der Waals surface area contributed by atoms with E-state index in [0.29, 0.717) is 5.69 Å². The van der Waals surface area contributed by atoms with Crippen LogP contribution in [0.2, 0.25) is 0 Å². The lowest BCUT2D eigenvalue weighted by Gasteiger charge is -2.11. The number of nitrogens with zero attached hydrogens (tertiary/aromatic N) is 1. The van der Waals surface area contributed by atoms with Crippen LogP contribution in [0.15, 0.2) is 12.5 Å². The van der Waals surface area contributed by atoms with Gasteiger partial charge in [-0.2, -0.15) is 0 Å². The lowest BCUT2D eigenvalue weighted by Crippen LogP contribution is -2.16. The molecule has 0 aliphatic carbocycles. The molecule has 3 N–H and O–H groups in total. The smallest absolute Gasteiger partial charge is 0.373 e. The van der Waals surface area contributed by atoms with E-state index in [4.69, 9.17) is 10.2 Å². The van der Waals surface area contributed by atoms with E-state index in [1.165, 1.54) is 12.5 Å². The van der Waals surface area contributed by atoms with Crippen molar-refractivity contribution in [1.29, 1.82) is 0 Å². The van der Waals surface area contributed by atoms with Gasteiger partial charge in [-0.3, -0.25) is 9.59 Å². The first kappa shape index (κ1) is 13.2. The Bertz CT molecular complexity index is 417. The highest BCUT2D eigenvalue weighted by Crippen LogP contribution is 2.30. The fourth-order valence-electron chi connectivity index (χ4n) is 1.10. The molecule has 1 atom stereocenters. The number of carbonyl (C=O) groups is 3. The first-order chi connectivity index (χ1) is 8.00. The summed E-state index contributed by atoms with van der Waals surface area (Å²) in [6, 6.07) is 0. The lowest BCUT2D eigenvalue weighted by atomic mass is 10.2. The third-order valence-electron chi connectivity index (χ3n) is 1.88. The monoisotopic (exact) mass is 258 g/mol. The summed E-state index contributed by atoms with van der Waals surface area (Å²) in [5.74, 6) is -3.77. The predicted octanol–water partition coefficient (Wildman–Crippen LogP) is 0.312. The second kappa shape index (κ2) is 6.04. The van der Waals surface area contributed by atoms with Gasteiger partial charge in [0.25, 0.3) is 0 Å². The number of hydrogen-bond donors (Lipinski definition) is 3. The molecule has 1 unspecified atom stereocenters. The molecule has 92 valence electrons. The number of carboxylic acids is 2. The summed E-state index contributed by atoms with van der Waals surface area (Å²) in [7, 11) is 0. The number of aromatic amines is 1. The second-order valence-corrected chi connectivity index (χ2v) is 4.32. The average molecular weight is 258 g/mol. The molecule has 0 amide bonds. The molecule has 17 heavy (non-hydrogen) atoms. The normalized spacial score (nSPS) is 12.0. The van der Waals surface area contributed by atoms with Crippen LogP contribution in [0.3, 0.4) is 0 Å². The Labute approximate surface area is 100 Å². The number of aromatic nitrogens is 2. The molecular weight excluding hydrogens is 248 g/mol. The molecule has 0 aliphatic heterocycles. The number of carboxylic acid groups (broad SMARTS) is 2. The molecule has 0 spiro atoms. The van der Waals surface area contributed by atoms with Gasteiger partial charge >= 0.3 is 11.9 Å². The number of carbonyl (C=O) groups excluding carboxylic acids is 1. The van der Waals surface area contributed by atoms with Crippen molar-refractivity contribution in [2.24, 2.45) is 0 Å². The van der Waals surface area contributed by atoms with Crippen LogP contribution in [0.1, 0.15) is 17.4 Å². The highest BCUT2D eigenvalue weighted by molar-refractivity contribution is 8.00. The zero-order valence-electron chi connectivity index (χ0n) is 8.62. The third-order valence-corrected chi connectivity index (χ3v) is 3.13. The summed E-state index contributed by atoms with van der Waals surface area (Å²) in [4.78, 5) is 38.4. The van der Waals surface area contributed by atoms with Crippen molar-refractivity contribution in [2.75, 3.05) is 5.75 Å². The van der Waals surface area contributed by atoms with E-state index < -0.39 is 23.0 Å². The van der Waals surface area contributed by atoms with Gasteiger partial charge in [0.1, 0.15) is 0 Å². The van der Waals surface area contributed by atoms with E-state index in [9.17, 15) is 14.4 Å². The number of rotatable bonds is 7. The number of ketones is 1. The summed E-state index contributed by atoms with van der Waals surface area (Å²) >= 11 is 0.962. The van der Waals surface area contributed by atoms with Crippen molar-refractivity contribution in [3.05, 3.63) is 18.2 Å². The topological polar surface area (TPSA) is 120 Å². The molecule has 0 saturated carbocycles. The van der Waals surface area contributed by atoms with Gasteiger partial charge in [-0.25, -0.2) is 9.78 Å². The van der Waals surface area contributed by atoms with Gasteiger partial charge in [-0.05, 0) is 0 Å². The summed E-state index contributed by atoms with van der Waals surface area (Å²) in [6.45, 7) is 0. The molecule has 0 saturated heterocycles. The van der Waals surface area contributed by atoms with Crippen molar-refractivity contribution < 1.29 is 24.6 Å². The summed E-state index contributed by atoms with van der Waals surface area (Å²) < 4.78 is 0. The summed E-state index contributed by atoms with van der Waals surface area (Å²) in [5, 5.41) is 16.6. The van der Waals surface area contributed by atoms with Crippen LogP contribution in [-0.4, -0.2) is 43.7 Å². The van der Waals surface area contributed by atoms with Crippen molar-refractivity contribution in [3.63, 3.8) is 0 Å². The number of thioether (sulfide) groups is 1. The number of aliphatic carboxylic acids is 2. The highest BCUT2D eigenvalue weighted by Gasteiger charge is 2.21. The quantitative estimate of drug-likeness (QED) is 0.602. The van der Waals surface area contributed by atoms with E-state index in [0.717, 1.165) is 11.8 Å². The molecule has 0 radical (unpaired) electrons. The van der Waals surface area contributed by atoms with E-state index in [-0.39, 0.29) is 12.2 Å². The molecule has 0 aromatic carbocycles. The molecule has 1 aromatic rings. The van der Waals surface area contributed by atoms with Crippen molar-refractivity contribution in [3.8, 4) is 0 Å². The largest absolute Gasteiger partial charge is 0.481 e. The number of imidazole rings is 1. The summed E-state index contributed by atoms with van der Waals surface area (Å²) in [6.07, 6.45) is 2.63. The third kappa shape index (κ3) is 4.27. The van der Waals surface area contributed by atoms with Crippen LogP contribution >= 0.6 is 11.8 Å². The molecule has 0 bridgehead atoms. The molecule has 1 rings (SSSR count). The van der Waals surface area contributed by atoms with Gasteiger partial charge in [0.15, 0.2) is 0 Å². The van der Waals surface area contributed by atoms with Gasteiger partial charge in [0.2, 0.25) is 5.78 Å². The zero-order chi connectivity index (χ0) is 12.8. The molecule has 1 heterocycles. The first-order valence-electron chi connectivity index (χ1n) is 4.58. The number of H-pyrrole nitrogens is 1. The van der Waals surface area contributed by atoms with Crippen LogP contribution in [0.5, 0.6) is 0 Å². The first-order valence-corrected chi connectivity index (χ1v) is 5.63. The standard InChI is InChI=1S/C9H10N2O5S/c12-6(9(15)16)3-17-7(1-8(13)14)5-2-10-4-11-5/h2,4,7H,1,3H2,(H,10,11)(H,13,14)(H,15,16). The van der Waals surface area contributed by atoms with Crippen LogP contribution in [0, 0.1) is 0 Å². The summed E-state index contributed by atoms with van der Waals surface area (Å²) in [5.41, 5.74) is 0.551. The van der Waals surface area contributed by atoms with Gasteiger partial charge in [-0.15, -0.1) is 11.8 Å². The van der Waals surface area contributed by atoms with E-state index in [2.05, 4.69) is 9.97 Å². The fraction of sp³-hybridized carbons (Fsp3) is 0.333. The zero-order valence-corrected chi connectivity index (χ0v) is 9.44. The lowest BCUT2D eigenvalue weighted by molar-refractivity contribution is -0.147. The van der Waals surface area contributed by atoms with Gasteiger partial charge < -0.3 is 15.2 Å². The molecule has 8 heteroatoms. The Hall–Kier alpha value is -1.83. The number of Topliss-reactive ketones (excluding diaryl/α,β-unsaturated/α-hetero) is 1.